The molecule has 0 unspecified atom stereocenters. The smallest absolute Gasteiger partial charge is 0.252 e. The van der Waals surface area contributed by atoms with E-state index in [4.69, 9.17) is 0 Å². The van der Waals surface area contributed by atoms with Gasteiger partial charge in [-0.1, -0.05) is 212 Å². The Bertz CT molecular complexity index is 4930. The molecular weight excluding hydrogens is 1010 g/mol. The first-order valence-corrected chi connectivity index (χ1v) is 29.3. The van der Waals surface area contributed by atoms with Crippen LogP contribution in [-0.2, 0) is 0 Å². The van der Waals surface area contributed by atoms with Gasteiger partial charge in [0.15, 0.2) is 0 Å². The van der Waals surface area contributed by atoms with Crippen LogP contribution in [0.5, 0.6) is 0 Å². The lowest BCUT2D eigenvalue weighted by atomic mass is 9.30. The van der Waals surface area contributed by atoms with Gasteiger partial charge in [0, 0.05) is 67.0 Å². The van der Waals surface area contributed by atoms with Crippen molar-refractivity contribution in [3.63, 3.8) is 0 Å². The lowest BCUT2D eigenvalue weighted by Gasteiger charge is -2.42. The molecule has 0 spiro atoms. The molecule has 0 saturated heterocycles. The predicted molar refractivity (Wildman–Crippen MR) is 356 cm³/mol. The van der Waals surface area contributed by atoms with Crippen LogP contribution in [0.15, 0.2) is 291 Å². The summed E-state index contributed by atoms with van der Waals surface area (Å²) in [5.74, 6) is 0. The average molecular weight is 1060 g/mol. The van der Waals surface area contributed by atoms with Crippen LogP contribution in [0.4, 0.5) is 34.1 Å². The van der Waals surface area contributed by atoms with E-state index >= 15 is 0 Å². The van der Waals surface area contributed by atoms with Gasteiger partial charge in [-0.3, -0.25) is 0 Å². The van der Waals surface area contributed by atoms with Gasteiger partial charge in [0.2, 0.25) is 0 Å². The zero-order chi connectivity index (χ0) is 54.7. The topological polar surface area (TPSA) is 16.3 Å². The summed E-state index contributed by atoms with van der Waals surface area (Å²) in [6.07, 6.45) is 0. The van der Waals surface area contributed by atoms with E-state index in [1.165, 1.54) is 155 Å². The van der Waals surface area contributed by atoms with Gasteiger partial charge in [-0.15, -0.1) is 0 Å². The van der Waals surface area contributed by atoms with Crippen LogP contribution in [0.25, 0.3) is 99.5 Å². The van der Waals surface area contributed by atoms with Gasteiger partial charge in [0.25, 0.3) is 13.4 Å². The summed E-state index contributed by atoms with van der Waals surface area (Å²) >= 11 is 0. The largest absolute Gasteiger partial charge is 0.311 e. The molecular formula is C78H48B2N4. The number of hydrogen-bond acceptors (Lipinski definition) is 2. The van der Waals surface area contributed by atoms with Crippen molar-refractivity contribution in [2.24, 2.45) is 0 Å². The Labute approximate surface area is 487 Å². The highest BCUT2D eigenvalue weighted by atomic mass is 15.2. The zero-order valence-corrected chi connectivity index (χ0v) is 45.7. The number of aromatic nitrogens is 2. The van der Waals surface area contributed by atoms with Crippen molar-refractivity contribution in [1.29, 1.82) is 0 Å². The van der Waals surface area contributed by atoms with Crippen LogP contribution in [0.3, 0.4) is 0 Å². The second-order valence-electron chi connectivity index (χ2n) is 23.1. The number of benzene rings is 13. The van der Waals surface area contributed by atoms with Crippen LogP contribution in [-0.4, -0.2) is 22.6 Å². The van der Waals surface area contributed by atoms with Crippen LogP contribution in [0.1, 0.15) is 0 Å². The molecule has 6 heteroatoms. The summed E-state index contributed by atoms with van der Waals surface area (Å²) in [7, 11) is 0. The van der Waals surface area contributed by atoms with Crippen molar-refractivity contribution in [3.8, 4) is 55.9 Å². The lowest BCUT2D eigenvalue weighted by molar-refractivity contribution is 1.14. The van der Waals surface area contributed by atoms with Crippen molar-refractivity contribution >= 4 is 124 Å². The van der Waals surface area contributed by atoms with Crippen molar-refractivity contribution < 1.29 is 0 Å². The summed E-state index contributed by atoms with van der Waals surface area (Å²) in [5.41, 5.74) is 32.0. The van der Waals surface area contributed by atoms with E-state index in [-0.39, 0.29) is 13.4 Å². The number of rotatable bonds is 6. The van der Waals surface area contributed by atoms with Crippen molar-refractivity contribution in [2.75, 3.05) is 9.80 Å². The quantitative estimate of drug-likeness (QED) is 0.154. The molecule has 0 amide bonds. The van der Waals surface area contributed by atoms with E-state index in [0.29, 0.717) is 0 Å². The van der Waals surface area contributed by atoms with E-state index in [0.717, 1.165) is 11.4 Å². The maximum absolute atomic E-state index is 2.69. The molecule has 6 heterocycles. The molecule has 386 valence electrons. The molecule has 84 heavy (non-hydrogen) atoms. The molecule has 4 aliphatic heterocycles. The second-order valence-corrected chi connectivity index (χ2v) is 23.1. The Morgan fingerprint density at radius 1 is 0.238 bits per heavy atom. The minimum Gasteiger partial charge on any atom is -0.311 e. The molecule has 0 saturated carbocycles. The van der Waals surface area contributed by atoms with Gasteiger partial charge in [0.05, 0.1) is 22.1 Å². The highest BCUT2D eigenvalue weighted by Crippen LogP contribution is 2.49. The monoisotopic (exact) mass is 1060 g/mol. The van der Waals surface area contributed by atoms with Crippen molar-refractivity contribution in [2.45, 2.75) is 0 Å². The number of fused-ring (bicyclic) bond motifs is 16. The molecule has 15 aromatic rings. The van der Waals surface area contributed by atoms with E-state index in [2.05, 4.69) is 310 Å². The van der Waals surface area contributed by atoms with Gasteiger partial charge < -0.3 is 18.9 Å². The fourth-order valence-corrected chi connectivity index (χ4v) is 15.5. The molecule has 0 bridgehead atoms. The molecule has 13 aromatic carbocycles. The minimum absolute atomic E-state index is 0.0853. The molecule has 0 radical (unpaired) electrons. The van der Waals surface area contributed by atoms with E-state index in [1.807, 2.05) is 0 Å². The van der Waals surface area contributed by atoms with Gasteiger partial charge in [-0.2, -0.15) is 0 Å². The summed E-state index contributed by atoms with van der Waals surface area (Å²) in [5, 5.41) is 5.04. The normalized spacial score (nSPS) is 13.1. The first-order valence-electron chi connectivity index (χ1n) is 29.3. The average Bonchev–Trinajstić information content (AvgIpc) is 1.56. The van der Waals surface area contributed by atoms with E-state index < -0.39 is 0 Å². The van der Waals surface area contributed by atoms with Gasteiger partial charge in [0.1, 0.15) is 0 Å². The molecule has 4 nitrogen and oxygen atoms in total. The minimum atomic E-state index is -0.0853. The molecule has 2 aromatic heterocycles. The Morgan fingerprint density at radius 3 is 1.00 bits per heavy atom. The summed E-state index contributed by atoms with van der Waals surface area (Å²) in [6, 6.07) is 109. The third-order valence-corrected chi connectivity index (χ3v) is 18.8. The van der Waals surface area contributed by atoms with Crippen LogP contribution in [0, 0.1) is 0 Å². The molecule has 0 fully saturated rings. The fourth-order valence-electron chi connectivity index (χ4n) is 15.5. The maximum Gasteiger partial charge on any atom is 0.252 e. The highest BCUT2D eigenvalue weighted by Gasteiger charge is 2.47. The zero-order valence-electron chi connectivity index (χ0n) is 45.7. The van der Waals surface area contributed by atoms with Gasteiger partial charge in [-0.05, 0) is 156 Å². The van der Waals surface area contributed by atoms with Gasteiger partial charge in [-0.25, -0.2) is 0 Å². The van der Waals surface area contributed by atoms with Crippen LogP contribution in [0.2, 0.25) is 0 Å². The SMILES string of the molecule is c1ccc(-c2cc(-c3ccccc3)c3c4ccc5c6c4n(c3c2)-c2cc3c(cc2B6c2ccccc2N5c2ccccc2)B2c4ccccc4N(c4ccccc4)c4ccc5c6c(-c7ccccc7)cc(-c7ccccc7)cc6n-3c5c42)cc1. The first-order chi connectivity index (χ1) is 41.7. The van der Waals surface area contributed by atoms with Crippen LogP contribution >= 0.6 is 0 Å². The predicted octanol–water partition coefficient (Wildman–Crippen LogP) is 15.8. The Morgan fingerprint density at radius 2 is 0.595 bits per heavy atom. The third kappa shape index (κ3) is 6.23. The van der Waals surface area contributed by atoms with Crippen molar-refractivity contribution in [1.82, 2.24) is 9.13 Å². The number of hydrogen-bond donors (Lipinski definition) is 0. The van der Waals surface area contributed by atoms with Gasteiger partial charge >= 0.3 is 0 Å². The number of nitrogens with zero attached hydrogens (tertiary/aromatic N) is 4. The highest BCUT2D eigenvalue weighted by molar-refractivity contribution is 7.03. The second kappa shape index (κ2) is 17.4. The fraction of sp³-hybridized carbons (Fsp3) is 0. The van der Waals surface area contributed by atoms with Crippen LogP contribution < -0.4 is 42.6 Å². The molecule has 19 rings (SSSR count). The Balaban J connectivity index is 1.01. The standard InChI is InChI=1S/C78H48B2N4/c1-7-23-49(24-8-1)53-43-59(51-27-11-3-12-28-51)73-57-39-41-67-75-77(57)83(71(73)45-53)69-48-70-64(47-63(69)79(75)61-35-19-21-37-65(61)81(67)55-31-15-5-16-32-55)80-62-36-20-22-38-66(62)82(56-33-17-6-18-34-56)68-42-40-58-74-60(52-29-13-4-14-30-52)44-54(50-25-9-2-10-26-50)46-72(74)84(70)78(58)76(68)80/h1-48H. The van der Waals surface area contributed by atoms with Crippen molar-refractivity contribution in [3.05, 3.63) is 291 Å². The number of anilines is 6. The molecule has 4 aliphatic rings. The third-order valence-electron chi connectivity index (χ3n) is 18.8. The molecule has 0 atom stereocenters. The number of para-hydroxylation sites is 4. The Hall–Kier alpha value is -10.8. The lowest BCUT2D eigenvalue weighted by Crippen LogP contribution is -2.64. The van der Waals surface area contributed by atoms with E-state index in [1.54, 1.807) is 0 Å². The Kier molecular flexibility index (Phi) is 9.48. The summed E-state index contributed by atoms with van der Waals surface area (Å²) in [6.45, 7) is -0.171. The molecule has 0 N–H and O–H groups in total. The summed E-state index contributed by atoms with van der Waals surface area (Å²) in [4.78, 5) is 5.05. The van der Waals surface area contributed by atoms with E-state index in [9.17, 15) is 0 Å². The summed E-state index contributed by atoms with van der Waals surface area (Å²) < 4.78 is 5.38. The molecule has 0 aliphatic carbocycles. The maximum atomic E-state index is 2.69. The first kappa shape index (κ1) is 45.9.